The van der Waals surface area contributed by atoms with Crippen molar-refractivity contribution >= 4 is 11.8 Å². The summed E-state index contributed by atoms with van der Waals surface area (Å²) in [6, 6.07) is 0.120. The SMILES string of the molecule is O=C(c1cnccn1)N1C[C@@H]2CC[C@H](C1)N(C(=O)C1CCOCC1)C2. The summed E-state index contributed by atoms with van der Waals surface area (Å²) in [4.78, 5) is 37.8. The largest absolute Gasteiger partial charge is 0.381 e. The van der Waals surface area contributed by atoms with Crippen LogP contribution < -0.4 is 0 Å². The van der Waals surface area contributed by atoms with E-state index < -0.39 is 0 Å². The number of aromatic nitrogens is 2. The third-order valence-corrected chi connectivity index (χ3v) is 5.64. The van der Waals surface area contributed by atoms with Crippen LogP contribution in [0.15, 0.2) is 18.6 Å². The van der Waals surface area contributed by atoms with E-state index in [4.69, 9.17) is 4.74 Å². The third-order valence-electron chi connectivity index (χ3n) is 5.64. The summed E-state index contributed by atoms with van der Waals surface area (Å²) in [5, 5.41) is 0. The summed E-state index contributed by atoms with van der Waals surface area (Å²) >= 11 is 0. The minimum atomic E-state index is -0.0784. The predicted octanol–water partition coefficient (Wildman–Crippen LogP) is 0.966. The standard InChI is InChI=1S/C18H24N4O3/c23-17(14-3-7-25-8-4-14)22-11-13-1-2-15(22)12-21(10-13)18(24)16-9-19-5-6-20-16/h5-6,9,13-15H,1-4,7-8,10-12H2/t13-,15+/m0/s1. The Balaban J connectivity index is 1.48. The molecule has 2 bridgehead atoms. The highest BCUT2D eigenvalue weighted by Crippen LogP contribution is 2.31. The predicted molar refractivity (Wildman–Crippen MR) is 89.7 cm³/mol. The summed E-state index contributed by atoms with van der Waals surface area (Å²) in [5.41, 5.74) is 0.381. The lowest BCUT2D eigenvalue weighted by Gasteiger charge is -2.38. The average Bonchev–Trinajstić information content (AvgIpc) is 3.00. The molecule has 25 heavy (non-hydrogen) atoms. The molecule has 7 heteroatoms. The zero-order chi connectivity index (χ0) is 17.2. The molecule has 5 heterocycles. The van der Waals surface area contributed by atoms with E-state index in [0.717, 1.165) is 32.2 Å². The quantitative estimate of drug-likeness (QED) is 0.799. The van der Waals surface area contributed by atoms with E-state index in [-0.39, 0.29) is 23.8 Å². The first-order valence-corrected chi connectivity index (χ1v) is 9.16. The van der Waals surface area contributed by atoms with Gasteiger partial charge in [0.15, 0.2) is 0 Å². The van der Waals surface area contributed by atoms with Crippen molar-refractivity contribution in [2.75, 3.05) is 32.8 Å². The van der Waals surface area contributed by atoms with Gasteiger partial charge >= 0.3 is 0 Å². The van der Waals surface area contributed by atoms with Crippen molar-refractivity contribution in [3.05, 3.63) is 24.3 Å². The van der Waals surface area contributed by atoms with E-state index in [1.165, 1.54) is 6.20 Å². The number of hydrogen-bond donors (Lipinski definition) is 0. The Kier molecular flexibility index (Phi) is 4.65. The normalized spacial score (nSPS) is 27.2. The molecule has 0 unspecified atom stereocenters. The van der Waals surface area contributed by atoms with Crippen LogP contribution >= 0.6 is 0 Å². The van der Waals surface area contributed by atoms with E-state index in [9.17, 15) is 9.59 Å². The van der Waals surface area contributed by atoms with Gasteiger partial charge in [-0.3, -0.25) is 14.6 Å². The summed E-state index contributed by atoms with van der Waals surface area (Å²) in [5.74, 6) is 0.609. The molecule has 0 N–H and O–H groups in total. The molecule has 4 aliphatic rings. The molecular weight excluding hydrogens is 320 g/mol. The lowest BCUT2D eigenvalue weighted by atomic mass is 9.91. The topological polar surface area (TPSA) is 75.6 Å². The van der Waals surface area contributed by atoms with Crippen LogP contribution in [0.3, 0.4) is 0 Å². The van der Waals surface area contributed by atoms with Crippen molar-refractivity contribution < 1.29 is 14.3 Å². The van der Waals surface area contributed by atoms with Crippen molar-refractivity contribution in [1.29, 1.82) is 0 Å². The fourth-order valence-electron chi connectivity index (χ4n) is 4.27. The number of piperidine rings is 1. The van der Waals surface area contributed by atoms with Gasteiger partial charge in [0.2, 0.25) is 5.91 Å². The molecular formula is C18H24N4O3. The zero-order valence-electron chi connectivity index (χ0n) is 14.3. The Bertz CT molecular complexity index is 632. The summed E-state index contributed by atoms with van der Waals surface area (Å²) in [7, 11) is 0. The number of amides is 2. The van der Waals surface area contributed by atoms with Crippen LogP contribution in [0.1, 0.15) is 36.2 Å². The summed E-state index contributed by atoms with van der Waals surface area (Å²) in [6.45, 7) is 3.42. The second-order valence-electron chi connectivity index (χ2n) is 7.28. The maximum atomic E-state index is 13.0. The number of carbonyl (C=O) groups excluding carboxylic acids is 2. The van der Waals surface area contributed by atoms with Gasteiger partial charge in [-0.2, -0.15) is 0 Å². The van der Waals surface area contributed by atoms with Gasteiger partial charge < -0.3 is 14.5 Å². The Morgan fingerprint density at radius 1 is 1.04 bits per heavy atom. The van der Waals surface area contributed by atoms with E-state index in [1.807, 2.05) is 9.80 Å². The van der Waals surface area contributed by atoms with Gasteiger partial charge in [-0.15, -0.1) is 0 Å². The van der Waals surface area contributed by atoms with Crippen LogP contribution in [0.5, 0.6) is 0 Å². The molecule has 4 aliphatic heterocycles. The molecule has 7 nitrogen and oxygen atoms in total. The van der Waals surface area contributed by atoms with Gasteiger partial charge in [0.25, 0.3) is 5.91 Å². The van der Waals surface area contributed by atoms with Crippen molar-refractivity contribution in [1.82, 2.24) is 19.8 Å². The van der Waals surface area contributed by atoms with Gasteiger partial charge in [0.1, 0.15) is 5.69 Å². The molecule has 2 atom stereocenters. The van der Waals surface area contributed by atoms with Crippen molar-refractivity contribution in [2.45, 2.75) is 31.7 Å². The molecule has 0 spiro atoms. The molecule has 0 aromatic carbocycles. The molecule has 0 saturated carbocycles. The van der Waals surface area contributed by atoms with E-state index in [1.54, 1.807) is 12.4 Å². The lowest BCUT2D eigenvalue weighted by molar-refractivity contribution is -0.142. The minimum absolute atomic E-state index is 0.0784. The first-order valence-electron chi connectivity index (χ1n) is 9.16. The highest BCUT2D eigenvalue weighted by atomic mass is 16.5. The smallest absolute Gasteiger partial charge is 0.274 e. The van der Waals surface area contributed by atoms with Crippen LogP contribution in [-0.2, 0) is 9.53 Å². The van der Waals surface area contributed by atoms with Crippen LogP contribution in [-0.4, -0.2) is 70.5 Å². The third kappa shape index (κ3) is 3.38. The van der Waals surface area contributed by atoms with Gasteiger partial charge in [-0.25, -0.2) is 4.98 Å². The first-order chi connectivity index (χ1) is 12.2. The Labute approximate surface area is 147 Å². The van der Waals surface area contributed by atoms with Crippen molar-refractivity contribution in [3.63, 3.8) is 0 Å². The maximum absolute atomic E-state index is 13.0. The van der Waals surface area contributed by atoms with E-state index >= 15 is 0 Å². The molecule has 0 radical (unpaired) electrons. The fourth-order valence-corrected chi connectivity index (χ4v) is 4.27. The maximum Gasteiger partial charge on any atom is 0.274 e. The second kappa shape index (κ2) is 7.07. The Hall–Kier alpha value is -2.02. The van der Waals surface area contributed by atoms with Crippen LogP contribution in [0.4, 0.5) is 0 Å². The Morgan fingerprint density at radius 3 is 2.64 bits per heavy atom. The highest BCUT2D eigenvalue weighted by Gasteiger charge is 2.40. The number of fused-ring (bicyclic) bond motifs is 4. The van der Waals surface area contributed by atoms with Gasteiger partial charge in [0.05, 0.1) is 6.20 Å². The Morgan fingerprint density at radius 2 is 1.88 bits per heavy atom. The second-order valence-corrected chi connectivity index (χ2v) is 7.28. The number of carbonyl (C=O) groups is 2. The van der Waals surface area contributed by atoms with Gasteiger partial charge in [-0.05, 0) is 31.6 Å². The summed E-state index contributed by atoms with van der Waals surface area (Å²) in [6.07, 6.45) is 8.30. The lowest BCUT2D eigenvalue weighted by Crippen LogP contribution is -2.50. The molecule has 4 saturated heterocycles. The molecule has 134 valence electrons. The zero-order valence-corrected chi connectivity index (χ0v) is 14.3. The van der Waals surface area contributed by atoms with Gasteiger partial charge in [0, 0.05) is 57.2 Å². The molecule has 0 aliphatic carbocycles. The highest BCUT2D eigenvalue weighted by molar-refractivity contribution is 5.92. The van der Waals surface area contributed by atoms with Crippen LogP contribution in [0.25, 0.3) is 0 Å². The number of nitrogens with zero attached hydrogens (tertiary/aromatic N) is 4. The van der Waals surface area contributed by atoms with Crippen LogP contribution in [0, 0.1) is 11.8 Å². The van der Waals surface area contributed by atoms with Crippen molar-refractivity contribution in [3.8, 4) is 0 Å². The fraction of sp³-hybridized carbons (Fsp3) is 0.667. The molecule has 4 fully saturated rings. The molecule has 5 rings (SSSR count). The number of ether oxygens (including phenoxy) is 1. The van der Waals surface area contributed by atoms with Gasteiger partial charge in [-0.1, -0.05) is 0 Å². The molecule has 1 aromatic heterocycles. The average molecular weight is 344 g/mol. The van der Waals surface area contributed by atoms with E-state index in [2.05, 4.69) is 9.97 Å². The molecule has 1 aromatic rings. The minimum Gasteiger partial charge on any atom is -0.381 e. The number of hydrogen-bond acceptors (Lipinski definition) is 5. The van der Waals surface area contributed by atoms with Crippen LogP contribution in [0.2, 0.25) is 0 Å². The monoisotopic (exact) mass is 344 g/mol. The first kappa shape index (κ1) is 16.4. The number of rotatable bonds is 2. The van der Waals surface area contributed by atoms with E-state index in [0.29, 0.717) is 37.9 Å². The van der Waals surface area contributed by atoms with Crippen molar-refractivity contribution in [2.24, 2.45) is 11.8 Å². The summed E-state index contributed by atoms with van der Waals surface area (Å²) < 4.78 is 5.38. The molecule has 2 amide bonds.